The first-order valence-corrected chi connectivity index (χ1v) is 11.2. The molecule has 2 N–H and O–H groups in total. The van der Waals surface area contributed by atoms with Crippen molar-refractivity contribution < 1.29 is 28.5 Å². The van der Waals surface area contributed by atoms with Gasteiger partial charge in [-0.15, -0.1) is 0 Å². The molecule has 0 atom stereocenters. The van der Waals surface area contributed by atoms with E-state index in [1.807, 2.05) is 31.2 Å². The van der Waals surface area contributed by atoms with E-state index in [9.17, 15) is 9.59 Å². The Morgan fingerprint density at radius 1 is 0.919 bits per heavy atom. The Hall–Kier alpha value is -5.03. The molecule has 3 rings (SSSR count). The summed E-state index contributed by atoms with van der Waals surface area (Å²) >= 11 is 0. The zero-order valence-corrected chi connectivity index (χ0v) is 20.7. The Balaban J connectivity index is 1.69. The van der Waals surface area contributed by atoms with E-state index in [2.05, 4.69) is 0 Å². The predicted octanol–water partition coefficient (Wildman–Crippen LogP) is 4.60. The highest BCUT2D eigenvalue weighted by Gasteiger charge is 2.11. The zero-order valence-electron chi connectivity index (χ0n) is 20.7. The van der Waals surface area contributed by atoms with Gasteiger partial charge in [0.05, 0.1) is 14.2 Å². The number of methoxy groups -OCH3 is 2. The van der Waals surface area contributed by atoms with Gasteiger partial charge in [-0.2, -0.15) is 5.26 Å². The maximum Gasteiger partial charge on any atom is 0.336 e. The van der Waals surface area contributed by atoms with Gasteiger partial charge in [-0.3, -0.25) is 4.79 Å². The molecule has 0 fully saturated rings. The maximum absolute atomic E-state index is 12.4. The summed E-state index contributed by atoms with van der Waals surface area (Å²) < 4.78 is 22.0. The minimum absolute atomic E-state index is 0.171. The van der Waals surface area contributed by atoms with Crippen LogP contribution in [-0.4, -0.2) is 26.1 Å². The summed E-state index contributed by atoms with van der Waals surface area (Å²) in [6, 6.07) is 19.6. The van der Waals surface area contributed by atoms with Crippen molar-refractivity contribution in [2.75, 3.05) is 14.2 Å². The standard InChI is InChI=1S/C29H26N2O6/c1-19-6-4-5-7-22(19)18-36-24-11-8-20(15-26(24)34-2)10-13-28(32)37-25-12-9-21(16-27(25)35-3)14-23(17-30)29(31)33/h4-16H,18H2,1-3H3,(H2,31,33)/b13-10+,23-14+. The molecule has 37 heavy (non-hydrogen) atoms. The third-order valence-electron chi connectivity index (χ3n) is 5.34. The van der Waals surface area contributed by atoms with Crippen LogP contribution >= 0.6 is 0 Å². The molecule has 0 heterocycles. The monoisotopic (exact) mass is 498 g/mol. The van der Waals surface area contributed by atoms with Crippen molar-refractivity contribution in [1.29, 1.82) is 5.26 Å². The van der Waals surface area contributed by atoms with E-state index in [4.69, 9.17) is 29.9 Å². The number of amides is 1. The first kappa shape index (κ1) is 26.6. The van der Waals surface area contributed by atoms with Gasteiger partial charge in [0, 0.05) is 6.08 Å². The van der Waals surface area contributed by atoms with Crippen molar-refractivity contribution in [2.45, 2.75) is 13.5 Å². The van der Waals surface area contributed by atoms with Crippen LogP contribution in [0.3, 0.4) is 0 Å². The number of rotatable bonds is 10. The third-order valence-corrected chi connectivity index (χ3v) is 5.34. The summed E-state index contributed by atoms with van der Waals surface area (Å²) in [5, 5.41) is 9.00. The lowest BCUT2D eigenvalue weighted by atomic mass is 10.1. The lowest BCUT2D eigenvalue weighted by molar-refractivity contribution is -0.129. The largest absolute Gasteiger partial charge is 0.493 e. The highest BCUT2D eigenvalue weighted by atomic mass is 16.6. The number of nitrogens with two attached hydrogens (primary N) is 1. The predicted molar refractivity (Wildman–Crippen MR) is 139 cm³/mol. The second-order valence-electron chi connectivity index (χ2n) is 7.82. The maximum atomic E-state index is 12.4. The van der Waals surface area contributed by atoms with Crippen LogP contribution in [0.5, 0.6) is 23.0 Å². The van der Waals surface area contributed by atoms with E-state index in [0.717, 1.165) is 11.1 Å². The lowest BCUT2D eigenvalue weighted by Crippen LogP contribution is -2.12. The number of carbonyl (C=O) groups excluding carboxylic acids is 2. The fourth-order valence-corrected chi connectivity index (χ4v) is 3.32. The van der Waals surface area contributed by atoms with E-state index < -0.39 is 11.9 Å². The molecule has 0 aliphatic heterocycles. The summed E-state index contributed by atoms with van der Waals surface area (Å²) in [5.74, 6) is 0.0563. The molecule has 0 aliphatic rings. The SMILES string of the molecule is COc1cc(/C=C/C(=O)Oc2ccc(/C=C(\C#N)C(N)=O)cc2OC)ccc1OCc1ccccc1C. The van der Waals surface area contributed by atoms with E-state index in [1.54, 1.807) is 43.5 Å². The molecular weight excluding hydrogens is 472 g/mol. The van der Waals surface area contributed by atoms with Crippen LogP contribution in [0.25, 0.3) is 12.2 Å². The Morgan fingerprint density at radius 2 is 1.57 bits per heavy atom. The molecule has 3 aromatic carbocycles. The van der Waals surface area contributed by atoms with Gasteiger partial charge in [0.2, 0.25) is 0 Å². The number of hydrogen-bond acceptors (Lipinski definition) is 7. The summed E-state index contributed by atoms with van der Waals surface area (Å²) in [5.41, 5.74) is 8.36. The van der Waals surface area contributed by atoms with Gasteiger partial charge >= 0.3 is 5.97 Å². The number of carbonyl (C=O) groups is 2. The van der Waals surface area contributed by atoms with Gasteiger partial charge in [0.1, 0.15) is 18.2 Å². The van der Waals surface area contributed by atoms with Crippen molar-refractivity contribution in [2.24, 2.45) is 5.73 Å². The number of primary amides is 1. The molecule has 0 unspecified atom stereocenters. The normalized spacial score (nSPS) is 11.0. The molecular formula is C29H26N2O6. The number of ether oxygens (including phenoxy) is 4. The molecule has 3 aromatic rings. The minimum Gasteiger partial charge on any atom is -0.493 e. The van der Waals surface area contributed by atoms with Gasteiger partial charge in [-0.1, -0.05) is 36.4 Å². The highest BCUT2D eigenvalue weighted by molar-refractivity contribution is 6.00. The van der Waals surface area contributed by atoms with E-state index >= 15 is 0 Å². The van der Waals surface area contributed by atoms with E-state index in [1.165, 1.54) is 31.4 Å². The molecule has 8 nitrogen and oxygen atoms in total. The summed E-state index contributed by atoms with van der Waals surface area (Å²) in [6.45, 7) is 2.43. The van der Waals surface area contributed by atoms with Crippen molar-refractivity contribution in [3.63, 3.8) is 0 Å². The molecule has 0 spiro atoms. The Kier molecular flexibility index (Phi) is 9.06. The van der Waals surface area contributed by atoms with Crippen molar-refractivity contribution >= 4 is 24.0 Å². The van der Waals surface area contributed by atoms with Gasteiger partial charge < -0.3 is 24.7 Å². The molecule has 0 radical (unpaired) electrons. The second-order valence-corrected chi connectivity index (χ2v) is 7.82. The van der Waals surface area contributed by atoms with Crippen LogP contribution in [0.4, 0.5) is 0 Å². The Labute approximate surface area is 215 Å². The smallest absolute Gasteiger partial charge is 0.336 e. The number of hydrogen-bond donors (Lipinski definition) is 1. The minimum atomic E-state index is -0.843. The average Bonchev–Trinajstić information content (AvgIpc) is 2.90. The van der Waals surface area contributed by atoms with Crippen LogP contribution in [0, 0.1) is 18.3 Å². The number of nitriles is 1. The van der Waals surface area contributed by atoms with Crippen LogP contribution in [0.1, 0.15) is 22.3 Å². The first-order chi connectivity index (χ1) is 17.8. The van der Waals surface area contributed by atoms with Gasteiger partial charge in [0.25, 0.3) is 5.91 Å². The summed E-state index contributed by atoms with van der Waals surface area (Å²) in [4.78, 5) is 23.7. The number of benzene rings is 3. The van der Waals surface area contributed by atoms with E-state index in [0.29, 0.717) is 29.2 Å². The van der Waals surface area contributed by atoms with Crippen molar-refractivity contribution in [3.8, 4) is 29.1 Å². The molecule has 0 aromatic heterocycles. The van der Waals surface area contributed by atoms with Crippen LogP contribution in [-0.2, 0) is 16.2 Å². The zero-order chi connectivity index (χ0) is 26.8. The Morgan fingerprint density at radius 3 is 2.24 bits per heavy atom. The van der Waals surface area contributed by atoms with Crippen molar-refractivity contribution in [1.82, 2.24) is 0 Å². The van der Waals surface area contributed by atoms with E-state index in [-0.39, 0.29) is 17.1 Å². The third kappa shape index (κ3) is 7.23. The number of aryl methyl sites for hydroxylation is 1. The molecule has 1 amide bonds. The number of esters is 1. The molecule has 8 heteroatoms. The molecule has 0 aliphatic carbocycles. The lowest BCUT2D eigenvalue weighted by Gasteiger charge is -2.12. The average molecular weight is 499 g/mol. The molecule has 188 valence electrons. The topological polar surface area (TPSA) is 121 Å². The van der Waals surface area contributed by atoms with Crippen molar-refractivity contribution in [3.05, 3.63) is 94.6 Å². The second kappa shape index (κ2) is 12.6. The van der Waals surface area contributed by atoms with Crippen LogP contribution < -0.4 is 24.7 Å². The fraction of sp³-hybridized carbons (Fsp3) is 0.138. The van der Waals surface area contributed by atoms with Crippen LogP contribution in [0.2, 0.25) is 0 Å². The quantitative estimate of drug-likeness (QED) is 0.188. The summed E-state index contributed by atoms with van der Waals surface area (Å²) in [7, 11) is 2.95. The molecule has 0 saturated carbocycles. The fourth-order valence-electron chi connectivity index (χ4n) is 3.32. The molecule has 0 bridgehead atoms. The summed E-state index contributed by atoms with van der Waals surface area (Å²) in [6.07, 6.45) is 4.18. The van der Waals surface area contributed by atoms with Crippen LogP contribution in [0.15, 0.2) is 72.3 Å². The highest BCUT2D eigenvalue weighted by Crippen LogP contribution is 2.31. The number of nitrogens with zero attached hydrogens (tertiary/aromatic N) is 1. The Bertz CT molecular complexity index is 1400. The first-order valence-electron chi connectivity index (χ1n) is 11.2. The molecule has 0 saturated heterocycles. The van der Waals surface area contributed by atoms with Gasteiger partial charge in [-0.25, -0.2) is 4.79 Å². The van der Waals surface area contributed by atoms with Gasteiger partial charge in [-0.05, 0) is 65.6 Å². The van der Waals surface area contributed by atoms with Gasteiger partial charge in [0.15, 0.2) is 23.0 Å².